The van der Waals surface area contributed by atoms with E-state index in [4.69, 9.17) is 11.6 Å². The fraction of sp³-hybridized carbons (Fsp3) is 0.417. The van der Waals surface area contributed by atoms with Gasteiger partial charge in [0.15, 0.2) is 11.6 Å². The lowest BCUT2D eigenvalue weighted by molar-refractivity contribution is -0.137. The van der Waals surface area contributed by atoms with Crippen LogP contribution < -0.4 is 0 Å². The Hall–Kier alpha value is -2.78. The molecule has 1 saturated carbocycles. The lowest BCUT2D eigenvalue weighted by atomic mass is 9.83. The molecule has 1 aliphatic carbocycles. The molecule has 34 heavy (non-hydrogen) atoms. The molecule has 0 aliphatic heterocycles. The Balaban J connectivity index is 1.51. The molecular formula is C24H24ClF3N4O2. The minimum absolute atomic E-state index is 0.0191. The van der Waals surface area contributed by atoms with Crippen LogP contribution in [0, 0.1) is 13.8 Å². The molecule has 0 atom stereocenters. The van der Waals surface area contributed by atoms with Crippen molar-refractivity contribution in [3.8, 4) is 5.82 Å². The molecule has 3 aromatic heterocycles. The van der Waals surface area contributed by atoms with Crippen molar-refractivity contribution in [2.45, 2.75) is 64.1 Å². The first kappa shape index (κ1) is 24.3. The van der Waals surface area contributed by atoms with Crippen LogP contribution in [0.1, 0.15) is 70.0 Å². The summed E-state index contributed by atoms with van der Waals surface area (Å²) in [5.41, 5.74) is 2.59. The van der Waals surface area contributed by atoms with Gasteiger partial charge < -0.3 is 5.11 Å². The highest BCUT2D eigenvalue weighted by molar-refractivity contribution is 6.32. The van der Waals surface area contributed by atoms with Crippen molar-refractivity contribution in [2.24, 2.45) is 0 Å². The van der Waals surface area contributed by atoms with Gasteiger partial charge in [-0.2, -0.15) is 18.3 Å². The number of carbonyl (C=O) groups is 1. The molecule has 6 nitrogen and oxygen atoms in total. The van der Waals surface area contributed by atoms with Gasteiger partial charge in [0, 0.05) is 30.4 Å². The lowest BCUT2D eigenvalue weighted by Gasteiger charge is -2.26. The van der Waals surface area contributed by atoms with Crippen molar-refractivity contribution < 1.29 is 23.1 Å². The highest BCUT2D eigenvalue weighted by Gasteiger charge is 2.32. The van der Waals surface area contributed by atoms with Gasteiger partial charge in [-0.15, -0.1) is 0 Å². The van der Waals surface area contributed by atoms with Crippen LogP contribution >= 0.6 is 11.6 Å². The van der Waals surface area contributed by atoms with Crippen LogP contribution in [0.4, 0.5) is 13.2 Å². The van der Waals surface area contributed by atoms with E-state index in [0.717, 1.165) is 48.6 Å². The number of aromatic nitrogens is 4. The van der Waals surface area contributed by atoms with E-state index in [2.05, 4.69) is 15.1 Å². The highest BCUT2D eigenvalue weighted by Crippen LogP contribution is 2.34. The normalized spacial score (nSPS) is 18.8. The molecular weight excluding hydrogens is 469 g/mol. The number of aliphatic hydroxyl groups excluding tert-OH is 1. The van der Waals surface area contributed by atoms with E-state index >= 15 is 0 Å². The van der Waals surface area contributed by atoms with E-state index < -0.39 is 11.7 Å². The summed E-state index contributed by atoms with van der Waals surface area (Å²) in [7, 11) is 0. The number of Topliss-reactive ketones (excluding diaryl/α,β-unsaturated/α-hetero) is 1. The van der Waals surface area contributed by atoms with Crippen LogP contribution in [0.5, 0.6) is 0 Å². The maximum atomic E-state index is 13.0. The SMILES string of the molecule is Cc1cc(CC(=O)c2cnn(-c3ncc(C(F)(F)F)cc3Cl)c2C)cnc1C1CCC(O)CC1. The Morgan fingerprint density at radius 2 is 1.82 bits per heavy atom. The first-order valence-electron chi connectivity index (χ1n) is 11.0. The number of ketones is 1. The van der Waals surface area contributed by atoms with Crippen molar-refractivity contribution in [3.63, 3.8) is 0 Å². The molecule has 1 N–H and O–H groups in total. The minimum atomic E-state index is -4.56. The predicted molar refractivity (Wildman–Crippen MR) is 120 cm³/mol. The molecule has 10 heteroatoms. The molecule has 180 valence electrons. The zero-order valence-corrected chi connectivity index (χ0v) is 19.5. The Morgan fingerprint density at radius 3 is 2.44 bits per heavy atom. The van der Waals surface area contributed by atoms with Crippen molar-refractivity contribution in [3.05, 3.63) is 69.4 Å². The van der Waals surface area contributed by atoms with E-state index in [0.29, 0.717) is 23.4 Å². The van der Waals surface area contributed by atoms with E-state index in [1.165, 1.54) is 10.9 Å². The summed E-state index contributed by atoms with van der Waals surface area (Å²) in [6.07, 6.45) is 2.42. The fourth-order valence-electron chi connectivity index (χ4n) is 4.44. The molecule has 0 unspecified atom stereocenters. The number of rotatable bonds is 5. The van der Waals surface area contributed by atoms with Crippen molar-refractivity contribution in [1.29, 1.82) is 0 Å². The molecule has 0 radical (unpaired) electrons. The van der Waals surface area contributed by atoms with Crippen molar-refractivity contribution in [1.82, 2.24) is 19.7 Å². The van der Waals surface area contributed by atoms with Gasteiger partial charge in [-0.3, -0.25) is 9.78 Å². The van der Waals surface area contributed by atoms with Crippen LogP contribution in [0.15, 0.2) is 30.7 Å². The minimum Gasteiger partial charge on any atom is -0.393 e. The second-order valence-electron chi connectivity index (χ2n) is 8.73. The zero-order valence-electron chi connectivity index (χ0n) is 18.7. The van der Waals surface area contributed by atoms with E-state index in [9.17, 15) is 23.1 Å². The summed E-state index contributed by atoms with van der Waals surface area (Å²) >= 11 is 6.03. The van der Waals surface area contributed by atoms with E-state index in [-0.39, 0.29) is 29.1 Å². The third-order valence-electron chi connectivity index (χ3n) is 6.28. The molecule has 0 spiro atoms. The number of pyridine rings is 2. The van der Waals surface area contributed by atoms with Gasteiger partial charge in [-0.25, -0.2) is 9.67 Å². The summed E-state index contributed by atoms with van der Waals surface area (Å²) in [6, 6.07) is 2.74. The van der Waals surface area contributed by atoms with Crippen molar-refractivity contribution in [2.75, 3.05) is 0 Å². The molecule has 0 amide bonds. The summed E-state index contributed by atoms with van der Waals surface area (Å²) in [4.78, 5) is 21.4. The Bertz CT molecular complexity index is 1220. The molecule has 4 rings (SSSR count). The summed E-state index contributed by atoms with van der Waals surface area (Å²) < 4.78 is 39.9. The summed E-state index contributed by atoms with van der Waals surface area (Å²) in [6.45, 7) is 3.61. The number of hydrogen-bond acceptors (Lipinski definition) is 5. The monoisotopic (exact) mass is 492 g/mol. The van der Waals surface area contributed by atoms with Crippen molar-refractivity contribution >= 4 is 17.4 Å². The number of aliphatic hydroxyl groups is 1. The first-order valence-corrected chi connectivity index (χ1v) is 11.4. The topological polar surface area (TPSA) is 80.9 Å². The third-order valence-corrected chi connectivity index (χ3v) is 6.56. The zero-order chi connectivity index (χ0) is 24.6. The number of aryl methyl sites for hydroxylation is 1. The maximum Gasteiger partial charge on any atom is 0.417 e. The number of halogens is 4. The third kappa shape index (κ3) is 5.00. The van der Waals surface area contributed by atoms with E-state index in [1.807, 2.05) is 13.0 Å². The van der Waals surface area contributed by atoms with Gasteiger partial charge in [-0.1, -0.05) is 17.7 Å². The van der Waals surface area contributed by atoms with Crippen LogP contribution in [0.25, 0.3) is 5.82 Å². The van der Waals surface area contributed by atoms with Gasteiger partial charge in [-0.05, 0) is 56.7 Å². The van der Waals surface area contributed by atoms with Gasteiger partial charge in [0.05, 0.1) is 34.1 Å². The second-order valence-corrected chi connectivity index (χ2v) is 9.14. The van der Waals surface area contributed by atoms with Gasteiger partial charge >= 0.3 is 6.18 Å². The maximum absolute atomic E-state index is 13.0. The quantitative estimate of drug-likeness (QED) is 0.483. The van der Waals surface area contributed by atoms with Gasteiger partial charge in [0.2, 0.25) is 0 Å². The summed E-state index contributed by atoms with van der Waals surface area (Å²) in [5, 5.41) is 13.6. The fourth-order valence-corrected chi connectivity index (χ4v) is 4.68. The van der Waals surface area contributed by atoms with Crippen LogP contribution in [0.3, 0.4) is 0 Å². The molecule has 1 aliphatic rings. The standard InChI is InChI=1S/C24H24ClF3N4O2/c1-13-7-15(10-29-22(13)16-3-5-18(33)6-4-16)8-21(34)19-12-31-32(14(19)2)23-20(25)9-17(11-30-23)24(26,27)28/h7,9-12,16,18,33H,3-6,8H2,1-2H3. The second kappa shape index (κ2) is 9.46. The van der Waals surface area contributed by atoms with Gasteiger partial charge in [0.25, 0.3) is 0 Å². The molecule has 0 bridgehead atoms. The van der Waals surface area contributed by atoms with Crippen LogP contribution in [0.2, 0.25) is 5.02 Å². The Labute approximate surface area is 199 Å². The Morgan fingerprint density at radius 1 is 1.12 bits per heavy atom. The molecule has 0 saturated heterocycles. The smallest absolute Gasteiger partial charge is 0.393 e. The lowest BCUT2D eigenvalue weighted by Crippen LogP contribution is -2.18. The predicted octanol–water partition coefficient (Wildman–Crippen LogP) is 5.40. The average Bonchev–Trinajstić information content (AvgIpc) is 3.15. The first-order chi connectivity index (χ1) is 16.0. The largest absolute Gasteiger partial charge is 0.417 e. The molecule has 0 aromatic carbocycles. The Kier molecular flexibility index (Phi) is 6.78. The molecule has 3 aromatic rings. The van der Waals surface area contributed by atoms with Crippen LogP contribution in [-0.4, -0.2) is 36.7 Å². The number of carbonyl (C=O) groups excluding carboxylic acids is 1. The number of nitrogens with zero attached hydrogens (tertiary/aromatic N) is 4. The highest BCUT2D eigenvalue weighted by atomic mass is 35.5. The van der Waals surface area contributed by atoms with E-state index in [1.54, 1.807) is 13.1 Å². The van der Waals surface area contributed by atoms with Crippen LogP contribution in [-0.2, 0) is 12.6 Å². The number of hydrogen-bond donors (Lipinski definition) is 1. The summed E-state index contributed by atoms with van der Waals surface area (Å²) in [5.74, 6) is 0.141. The number of alkyl halides is 3. The molecule has 3 heterocycles. The molecule has 1 fully saturated rings. The average molecular weight is 493 g/mol. The van der Waals surface area contributed by atoms with Gasteiger partial charge in [0.1, 0.15) is 0 Å².